The largest absolute Gasteiger partial charge is 0.394 e. The Balaban J connectivity index is 2.12. The molecule has 0 spiro atoms. The monoisotopic (exact) mass is 291 g/mol. The van der Waals surface area contributed by atoms with E-state index >= 15 is 0 Å². The molecular formula is C15H17NO5. The fourth-order valence-corrected chi connectivity index (χ4v) is 2.79. The third-order valence-electron chi connectivity index (χ3n) is 3.96. The van der Waals surface area contributed by atoms with Crippen LogP contribution in [0.5, 0.6) is 0 Å². The first-order chi connectivity index (χ1) is 10.0. The molecule has 1 aliphatic rings. The van der Waals surface area contributed by atoms with Gasteiger partial charge in [-0.2, -0.15) is 0 Å². The lowest BCUT2D eigenvalue weighted by Crippen LogP contribution is -2.35. The Bertz CT molecular complexity index is 726. The molecular weight excluding hydrogens is 274 g/mol. The van der Waals surface area contributed by atoms with E-state index in [1.807, 2.05) is 25.1 Å². The van der Waals surface area contributed by atoms with Crippen LogP contribution in [-0.2, 0) is 4.74 Å². The maximum Gasteiger partial charge on any atom is 0.260 e. The topological polar surface area (TPSA) is 91.9 Å². The summed E-state index contributed by atoms with van der Waals surface area (Å²) in [6.45, 7) is 1.42. The number of aromatic nitrogens is 1. The number of fused-ring (bicyclic) bond motifs is 1. The molecule has 0 radical (unpaired) electrons. The summed E-state index contributed by atoms with van der Waals surface area (Å²) in [5.41, 5.74) is 0.541. The molecule has 0 saturated carbocycles. The van der Waals surface area contributed by atoms with Crippen LogP contribution in [0.2, 0.25) is 0 Å². The van der Waals surface area contributed by atoms with Crippen molar-refractivity contribution in [1.82, 2.24) is 4.57 Å². The number of hydrogen-bond donors (Lipinski definition) is 3. The van der Waals surface area contributed by atoms with E-state index in [1.54, 1.807) is 6.07 Å². The number of aliphatic hydroxyl groups excluding tert-OH is 3. The van der Waals surface area contributed by atoms with E-state index in [0.717, 1.165) is 10.9 Å². The highest BCUT2D eigenvalue weighted by Crippen LogP contribution is 2.28. The Kier molecular flexibility index (Phi) is 3.54. The second-order valence-corrected chi connectivity index (χ2v) is 5.30. The van der Waals surface area contributed by atoms with Crippen LogP contribution in [-0.4, -0.2) is 44.8 Å². The first-order valence-corrected chi connectivity index (χ1v) is 6.77. The van der Waals surface area contributed by atoms with E-state index in [1.165, 1.54) is 10.8 Å². The van der Waals surface area contributed by atoms with Crippen LogP contribution < -0.4 is 5.56 Å². The van der Waals surface area contributed by atoms with E-state index in [0.29, 0.717) is 5.39 Å². The number of aliphatic hydroxyl groups is 3. The Morgan fingerprint density at radius 1 is 1.24 bits per heavy atom. The lowest BCUT2D eigenvalue weighted by atomic mass is 10.1. The van der Waals surface area contributed by atoms with Crippen molar-refractivity contribution in [2.45, 2.75) is 31.5 Å². The normalized spacial score (nSPS) is 29.1. The molecule has 6 nitrogen and oxygen atoms in total. The van der Waals surface area contributed by atoms with Gasteiger partial charge in [0.1, 0.15) is 18.3 Å². The van der Waals surface area contributed by atoms with Crippen molar-refractivity contribution < 1.29 is 20.1 Å². The summed E-state index contributed by atoms with van der Waals surface area (Å²) < 4.78 is 6.67. The van der Waals surface area contributed by atoms with Crippen LogP contribution in [0.1, 0.15) is 11.8 Å². The molecule has 0 amide bonds. The van der Waals surface area contributed by atoms with Gasteiger partial charge in [0.25, 0.3) is 5.56 Å². The third kappa shape index (κ3) is 2.16. The number of pyridine rings is 1. The smallest absolute Gasteiger partial charge is 0.260 e. The van der Waals surface area contributed by atoms with Gasteiger partial charge in [0.2, 0.25) is 0 Å². The summed E-state index contributed by atoms with van der Waals surface area (Å²) in [6.07, 6.45) is -2.86. The van der Waals surface area contributed by atoms with Gasteiger partial charge < -0.3 is 20.1 Å². The van der Waals surface area contributed by atoms with Crippen LogP contribution in [0, 0.1) is 6.92 Å². The molecule has 2 aromatic rings. The number of rotatable bonds is 2. The molecule has 6 heteroatoms. The molecule has 0 unspecified atom stereocenters. The van der Waals surface area contributed by atoms with E-state index in [4.69, 9.17) is 9.84 Å². The minimum Gasteiger partial charge on any atom is -0.394 e. The van der Waals surface area contributed by atoms with Crippen molar-refractivity contribution in [3.63, 3.8) is 0 Å². The minimum absolute atomic E-state index is 0.291. The quantitative estimate of drug-likeness (QED) is 0.720. The van der Waals surface area contributed by atoms with Gasteiger partial charge in [-0.25, -0.2) is 0 Å². The van der Waals surface area contributed by atoms with Crippen LogP contribution in [0.4, 0.5) is 0 Å². The van der Waals surface area contributed by atoms with Crippen molar-refractivity contribution in [3.05, 3.63) is 46.4 Å². The average molecular weight is 291 g/mol. The summed E-state index contributed by atoms with van der Waals surface area (Å²) >= 11 is 0. The number of benzene rings is 1. The number of hydrogen-bond acceptors (Lipinski definition) is 5. The molecule has 1 aromatic heterocycles. The van der Waals surface area contributed by atoms with Crippen molar-refractivity contribution in [2.75, 3.05) is 6.61 Å². The van der Waals surface area contributed by atoms with Gasteiger partial charge in [-0.05, 0) is 23.9 Å². The molecule has 4 atom stereocenters. The van der Waals surface area contributed by atoms with Crippen LogP contribution >= 0.6 is 0 Å². The van der Waals surface area contributed by atoms with Gasteiger partial charge in [-0.1, -0.05) is 18.2 Å². The third-order valence-corrected chi connectivity index (χ3v) is 3.96. The first-order valence-electron chi connectivity index (χ1n) is 6.77. The second-order valence-electron chi connectivity index (χ2n) is 5.30. The molecule has 0 aliphatic carbocycles. The molecule has 1 aromatic carbocycles. The Hall–Kier alpha value is -1.73. The van der Waals surface area contributed by atoms with Gasteiger partial charge in [0, 0.05) is 6.20 Å². The van der Waals surface area contributed by atoms with Crippen LogP contribution in [0.3, 0.4) is 0 Å². The van der Waals surface area contributed by atoms with Crippen molar-refractivity contribution in [2.24, 2.45) is 0 Å². The molecule has 1 fully saturated rings. The Labute approximate surface area is 120 Å². The number of nitrogens with zero attached hydrogens (tertiary/aromatic N) is 1. The highest BCUT2D eigenvalue weighted by molar-refractivity contribution is 5.84. The predicted octanol–water partition coefficient (Wildman–Crippen LogP) is -0.0786. The molecule has 2 heterocycles. The zero-order valence-electron chi connectivity index (χ0n) is 11.5. The van der Waals surface area contributed by atoms with E-state index in [-0.39, 0.29) is 5.56 Å². The van der Waals surface area contributed by atoms with Gasteiger partial charge in [-0.3, -0.25) is 9.36 Å². The second kappa shape index (κ2) is 5.23. The van der Waals surface area contributed by atoms with E-state index in [9.17, 15) is 15.0 Å². The summed E-state index contributed by atoms with van der Waals surface area (Å²) in [5, 5.41) is 30.3. The highest BCUT2D eigenvalue weighted by Gasteiger charge is 2.43. The SMILES string of the molecule is Cc1cccc2ccn([C@@H]3O[C@H](CO)[C@@H](O)[C@@H]3O)c(=O)c12. The summed E-state index contributed by atoms with van der Waals surface area (Å²) in [4.78, 5) is 12.6. The standard InChI is InChI=1S/C15H17NO5/c1-8-3-2-4-9-5-6-16(14(20)11(8)9)15-13(19)12(18)10(7-17)21-15/h2-6,10,12-13,15,17-19H,7H2,1H3/t10-,12-,13+,15-/m1/s1. The zero-order chi connectivity index (χ0) is 15.1. The zero-order valence-corrected chi connectivity index (χ0v) is 11.5. The number of aryl methyl sites for hydroxylation is 1. The van der Waals surface area contributed by atoms with Gasteiger partial charge in [-0.15, -0.1) is 0 Å². The molecule has 3 N–H and O–H groups in total. The van der Waals surface area contributed by atoms with Gasteiger partial charge in [0.15, 0.2) is 6.23 Å². The van der Waals surface area contributed by atoms with E-state index < -0.39 is 31.1 Å². The Morgan fingerprint density at radius 3 is 2.67 bits per heavy atom. The maximum absolute atomic E-state index is 12.6. The van der Waals surface area contributed by atoms with E-state index in [2.05, 4.69) is 0 Å². The fourth-order valence-electron chi connectivity index (χ4n) is 2.79. The summed E-state index contributed by atoms with van der Waals surface area (Å²) in [6, 6.07) is 7.31. The Morgan fingerprint density at radius 2 is 2.00 bits per heavy atom. The van der Waals surface area contributed by atoms with Crippen LogP contribution in [0.25, 0.3) is 10.8 Å². The summed E-state index contributed by atoms with van der Waals surface area (Å²) in [5.74, 6) is 0. The van der Waals surface area contributed by atoms with Crippen LogP contribution in [0.15, 0.2) is 35.3 Å². The maximum atomic E-state index is 12.6. The molecule has 0 bridgehead atoms. The summed E-state index contributed by atoms with van der Waals surface area (Å²) in [7, 11) is 0. The van der Waals surface area contributed by atoms with Crippen molar-refractivity contribution >= 4 is 10.8 Å². The predicted molar refractivity (Wildman–Crippen MR) is 76.0 cm³/mol. The lowest BCUT2D eigenvalue weighted by Gasteiger charge is -2.18. The lowest BCUT2D eigenvalue weighted by molar-refractivity contribution is -0.0541. The molecule has 1 saturated heterocycles. The number of ether oxygens (including phenoxy) is 1. The first kappa shape index (κ1) is 14.2. The fraction of sp³-hybridized carbons (Fsp3) is 0.400. The van der Waals surface area contributed by atoms with Crippen molar-refractivity contribution in [1.29, 1.82) is 0 Å². The van der Waals surface area contributed by atoms with Gasteiger partial charge in [0.05, 0.1) is 12.0 Å². The minimum atomic E-state index is -1.26. The van der Waals surface area contributed by atoms with Gasteiger partial charge >= 0.3 is 0 Å². The molecule has 112 valence electrons. The molecule has 3 rings (SSSR count). The molecule has 21 heavy (non-hydrogen) atoms. The average Bonchev–Trinajstić information content (AvgIpc) is 2.75. The highest BCUT2D eigenvalue weighted by atomic mass is 16.6. The van der Waals surface area contributed by atoms with Crippen molar-refractivity contribution in [3.8, 4) is 0 Å². The molecule has 1 aliphatic heterocycles.